The minimum Gasteiger partial charge on any atom is -0.490 e. The van der Waals surface area contributed by atoms with Crippen molar-refractivity contribution in [2.45, 2.75) is 17.7 Å². The molecule has 2 aliphatic heterocycles. The number of fused-ring (bicyclic) bond motifs is 1. The highest BCUT2D eigenvalue weighted by molar-refractivity contribution is 7.89. The summed E-state index contributed by atoms with van der Waals surface area (Å²) in [4.78, 5) is 0.272. The van der Waals surface area contributed by atoms with Crippen molar-refractivity contribution in [3.8, 4) is 11.5 Å². The van der Waals surface area contributed by atoms with Crippen LogP contribution >= 0.6 is 0 Å². The number of benzene rings is 1. The normalized spacial score (nSPS) is 20.6. The van der Waals surface area contributed by atoms with E-state index in [1.165, 1.54) is 4.31 Å². The van der Waals surface area contributed by atoms with Crippen LogP contribution in [-0.2, 0) is 10.0 Å². The van der Waals surface area contributed by atoms with E-state index in [0.717, 1.165) is 19.4 Å². The molecule has 0 atom stereocenters. The van der Waals surface area contributed by atoms with E-state index in [1.54, 1.807) is 18.2 Å². The van der Waals surface area contributed by atoms with E-state index in [-0.39, 0.29) is 4.90 Å². The zero-order valence-corrected chi connectivity index (χ0v) is 12.7. The van der Waals surface area contributed by atoms with Crippen LogP contribution in [0.2, 0.25) is 0 Å². The molecule has 1 aromatic rings. The second-order valence-electron chi connectivity index (χ2n) is 5.17. The maximum atomic E-state index is 12.7. The van der Waals surface area contributed by atoms with Gasteiger partial charge in [0.25, 0.3) is 0 Å². The first-order valence-corrected chi connectivity index (χ1v) is 8.72. The molecular formula is C14H20N2O4S. The van der Waals surface area contributed by atoms with Crippen molar-refractivity contribution in [3.05, 3.63) is 18.2 Å². The zero-order valence-electron chi connectivity index (χ0n) is 11.9. The van der Waals surface area contributed by atoms with Gasteiger partial charge in [-0.2, -0.15) is 4.31 Å². The van der Waals surface area contributed by atoms with E-state index in [9.17, 15) is 8.42 Å². The summed E-state index contributed by atoms with van der Waals surface area (Å²) in [6.07, 6.45) is 1.62. The molecule has 1 fully saturated rings. The molecule has 0 saturated carbocycles. The second-order valence-corrected chi connectivity index (χ2v) is 7.10. The van der Waals surface area contributed by atoms with E-state index in [4.69, 9.17) is 9.47 Å². The first kappa shape index (κ1) is 14.6. The van der Waals surface area contributed by atoms with Gasteiger partial charge in [-0.1, -0.05) is 0 Å². The zero-order chi connectivity index (χ0) is 14.7. The lowest BCUT2D eigenvalue weighted by atomic mass is 10.3. The molecule has 2 aliphatic rings. The van der Waals surface area contributed by atoms with Crippen LogP contribution in [0.3, 0.4) is 0 Å². The molecule has 7 heteroatoms. The number of nitrogens with zero attached hydrogens (tertiary/aromatic N) is 1. The molecule has 6 nitrogen and oxygen atoms in total. The third-order valence-corrected chi connectivity index (χ3v) is 5.55. The largest absolute Gasteiger partial charge is 0.490 e. The maximum absolute atomic E-state index is 12.7. The summed E-state index contributed by atoms with van der Waals surface area (Å²) in [6, 6.07) is 4.86. The molecule has 3 rings (SSSR count). The summed E-state index contributed by atoms with van der Waals surface area (Å²) in [5.74, 6) is 1.13. The average Bonchev–Trinajstić information content (AvgIpc) is 2.89. The Bertz CT molecular complexity index is 595. The van der Waals surface area contributed by atoms with Crippen LogP contribution in [-0.4, -0.2) is 52.1 Å². The highest BCUT2D eigenvalue weighted by Gasteiger charge is 2.26. The van der Waals surface area contributed by atoms with Crippen LogP contribution in [0.15, 0.2) is 23.1 Å². The molecule has 0 radical (unpaired) electrons. The van der Waals surface area contributed by atoms with Gasteiger partial charge in [-0.15, -0.1) is 0 Å². The maximum Gasteiger partial charge on any atom is 0.243 e. The van der Waals surface area contributed by atoms with Crippen molar-refractivity contribution in [1.82, 2.24) is 9.62 Å². The van der Waals surface area contributed by atoms with Gasteiger partial charge in [0.15, 0.2) is 11.5 Å². The molecule has 0 amide bonds. The first-order chi connectivity index (χ1) is 10.2. The summed E-state index contributed by atoms with van der Waals surface area (Å²) in [6.45, 7) is 3.72. The van der Waals surface area contributed by atoms with Gasteiger partial charge in [0, 0.05) is 32.1 Å². The smallest absolute Gasteiger partial charge is 0.243 e. The topological polar surface area (TPSA) is 67.9 Å². The third kappa shape index (κ3) is 3.14. The SMILES string of the molecule is O=S(=O)(c1ccc2c(c1)OCCCO2)N1CCCNCC1. The summed E-state index contributed by atoms with van der Waals surface area (Å²) >= 11 is 0. The Kier molecular flexibility index (Phi) is 4.32. The van der Waals surface area contributed by atoms with Crippen LogP contribution in [0.5, 0.6) is 11.5 Å². The molecule has 0 spiro atoms. The van der Waals surface area contributed by atoms with Gasteiger partial charge in [-0.05, 0) is 25.1 Å². The molecular weight excluding hydrogens is 292 g/mol. The van der Waals surface area contributed by atoms with E-state index >= 15 is 0 Å². The summed E-state index contributed by atoms with van der Waals surface area (Å²) in [5, 5.41) is 3.21. The van der Waals surface area contributed by atoms with Crippen LogP contribution in [0.4, 0.5) is 0 Å². The predicted octanol–water partition coefficient (Wildman–Crippen LogP) is 0.832. The van der Waals surface area contributed by atoms with Gasteiger partial charge >= 0.3 is 0 Å². The number of ether oxygens (including phenoxy) is 2. The molecule has 1 saturated heterocycles. The molecule has 1 aromatic carbocycles. The summed E-state index contributed by atoms with van der Waals surface area (Å²) in [5.41, 5.74) is 0. The monoisotopic (exact) mass is 312 g/mol. The number of rotatable bonds is 2. The Hall–Kier alpha value is -1.31. The van der Waals surface area contributed by atoms with Crippen molar-refractivity contribution in [2.75, 3.05) is 39.4 Å². The lowest BCUT2D eigenvalue weighted by molar-refractivity contribution is 0.296. The van der Waals surface area contributed by atoms with Crippen molar-refractivity contribution < 1.29 is 17.9 Å². The first-order valence-electron chi connectivity index (χ1n) is 7.28. The second kappa shape index (κ2) is 6.21. The molecule has 0 aliphatic carbocycles. The van der Waals surface area contributed by atoms with Gasteiger partial charge in [0.2, 0.25) is 10.0 Å². The van der Waals surface area contributed by atoms with E-state index < -0.39 is 10.0 Å². The van der Waals surface area contributed by atoms with Gasteiger partial charge in [0.1, 0.15) is 0 Å². The molecule has 1 N–H and O–H groups in total. The average molecular weight is 312 g/mol. The Morgan fingerprint density at radius 1 is 1.00 bits per heavy atom. The van der Waals surface area contributed by atoms with Crippen molar-refractivity contribution >= 4 is 10.0 Å². The number of hydrogen-bond acceptors (Lipinski definition) is 5. The highest BCUT2D eigenvalue weighted by Crippen LogP contribution is 2.32. The van der Waals surface area contributed by atoms with Gasteiger partial charge in [-0.3, -0.25) is 0 Å². The Morgan fingerprint density at radius 2 is 1.81 bits per heavy atom. The van der Waals surface area contributed by atoms with E-state index in [2.05, 4.69) is 5.32 Å². The minimum atomic E-state index is -3.47. The summed E-state index contributed by atoms with van der Waals surface area (Å²) < 4.78 is 38.1. The van der Waals surface area contributed by atoms with Gasteiger partial charge in [-0.25, -0.2) is 8.42 Å². The fraction of sp³-hybridized carbons (Fsp3) is 0.571. The highest BCUT2D eigenvalue weighted by atomic mass is 32.2. The summed E-state index contributed by atoms with van der Waals surface area (Å²) in [7, 11) is -3.47. The quantitative estimate of drug-likeness (QED) is 0.876. The Labute approximate surface area is 125 Å². The van der Waals surface area contributed by atoms with Crippen molar-refractivity contribution in [3.63, 3.8) is 0 Å². The molecule has 0 unspecified atom stereocenters. The lowest BCUT2D eigenvalue weighted by Gasteiger charge is -2.20. The Balaban J connectivity index is 1.89. The van der Waals surface area contributed by atoms with Crippen LogP contribution in [0.1, 0.15) is 12.8 Å². The minimum absolute atomic E-state index is 0.272. The lowest BCUT2D eigenvalue weighted by Crippen LogP contribution is -2.34. The predicted molar refractivity (Wildman–Crippen MR) is 78.3 cm³/mol. The molecule has 0 aromatic heterocycles. The standard InChI is InChI=1S/C14H20N2O4S/c17-21(18,16-7-1-5-15-6-8-16)12-3-4-13-14(11-12)20-10-2-9-19-13/h3-4,11,15H,1-2,5-10H2. The third-order valence-electron chi connectivity index (χ3n) is 3.66. The number of hydrogen-bond donors (Lipinski definition) is 1. The number of sulfonamides is 1. The fourth-order valence-electron chi connectivity index (χ4n) is 2.51. The molecule has 2 heterocycles. The van der Waals surface area contributed by atoms with E-state index in [0.29, 0.717) is 44.3 Å². The number of nitrogens with one attached hydrogen (secondary N) is 1. The van der Waals surface area contributed by atoms with E-state index in [1.807, 2.05) is 0 Å². The molecule has 116 valence electrons. The van der Waals surface area contributed by atoms with Crippen molar-refractivity contribution in [2.24, 2.45) is 0 Å². The Morgan fingerprint density at radius 3 is 2.67 bits per heavy atom. The van der Waals surface area contributed by atoms with Crippen LogP contribution < -0.4 is 14.8 Å². The van der Waals surface area contributed by atoms with Gasteiger partial charge < -0.3 is 14.8 Å². The fourth-order valence-corrected chi connectivity index (χ4v) is 4.01. The van der Waals surface area contributed by atoms with Crippen LogP contribution in [0.25, 0.3) is 0 Å². The van der Waals surface area contributed by atoms with Crippen molar-refractivity contribution in [1.29, 1.82) is 0 Å². The van der Waals surface area contributed by atoms with Gasteiger partial charge in [0.05, 0.1) is 18.1 Å². The molecule has 0 bridgehead atoms. The van der Waals surface area contributed by atoms with Crippen LogP contribution in [0, 0.1) is 0 Å². The molecule has 21 heavy (non-hydrogen) atoms.